The van der Waals surface area contributed by atoms with E-state index in [9.17, 15) is 4.79 Å². The van der Waals surface area contributed by atoms with Gasteiger partial charge in [-0.1, -0.05) is 70.5 Å². The number of rotatable bonds is 5. The Balaban J connectivity index is 1.63. The lowest BCUT2D eigenvalue weighted by Crippen LogP contribution is -2.37. The van der Waals surface area contributed by atoms with Gasteiger partial charge in [-0.05, 0) is 24.1 Å². The Morgan fingerprint density at radius 3 is 2.79 bits per heavy atom. The minimum absolute atomic E-state index is 0.0165. The number of amides is 1. The van der Waals surface area contributed by atoms with Crippen molar-refractivity contribution in [2.75, 3.05) is 0 Å². The maximum atomic E-state index is 12.5. The summed E-state index contributed by atoms with van der Waals surface area (Å²) in [6.45, 7) is 2.05. The maximum absolute atomic E-state index is 12.5. The van der Waals surface area contributed by atoms with E-state index < -0.39 is 6.10 Å². The molecule has 2 aromatic rings. The molecule has 124 valence electrons. The number of benzene rings is 2. The first-order chi connectivity index (χ1) is 11.7. The number of oxime groups is 1. The van der Waals surface area contributed by atoms with Crippen LogP contribution in [0.4, 0.5) is 0 Å². The highest BCUT2D eigenvalue weighted by Crippen LogP contribution is 2.21. The van der Waals surface area contributed by atoms with E-state index in [1.54, 1.807) is 0 Å². The van der Waals surface area contributed by atoms with E-state index in [4.69, 9.17) is 4.84 Å². The molecule has 1 N–H and O–H groups in total. The van der Waals surface area contributed by atoms with Crippen LogP contribution < -0.4 is 5.32 Å². The number of carbonyl (C=O) groups is 1. The molecule has 0 radical (unpaired) electrons. The van der Waals surface area contributed by atoms with Crippen LogP contribution in [0.3, 0.4) is 0 Å². The topological polar surface area (TPSA) is 50.7 Å². The molecule has 0 aromatic heterocycles. The van der Waals surface area contributed by atoms with Crippen LogP contribution in [0.15, 0.2) is 64.2 Å². The fourth-order valence-electron chi connectivity index (χ4n) is 2.73. The van der Waals surface area contributed by atoms with Crippen LogP contribution in [-0.4, -0.2) is 17.7 Å². The summed E-state index contributed by atoms with van der Waals surface area (Å²) >= 11 is 3.45. The summed E-state index contributed by atoms with van der Waals surface area (Å²) < 4.78 is 0.978. The smallest absolute Gasteiger partial charge is 0.264 e. The molecule has 1 aliphatic heterocycles. The monoisotopic (exact) mass is 386 g/mol. The number of nitrogens with one attached hydrogen (secondary N) is 1. The Labute approximate surface area is 150 Å². The molecule has 0 saturated carbocycles. The lowest BCUT2D eigenvalue weighted by molar-refractivity contribution is -0.132. The molecule has 1 amide bonds. The quantitative estimate of drug-likeness (QED) is 0.836. The second-order valence-corrected chi connectivity index (χ2v) is 6.64. The lowest BCUT2D eigenvalue weighted by atomic mass is 10.0. The predicted octanol–water partition coefficient (Wildman–Crippen LogP) is 4.21. The minimum atomic E-state index is -0.572. The largest absolute Gasteiger partial charge is 0.382 e. The van der Waals surface area contributed by atoms with Gasteiger partial charge in [0.05, 0.1) is 11.8 Å². The molecule has 0 aliphatic carbocycles. The fraction of sp³-hybridized carbons (Fsp3) is 0.263. The summed E-state index contributed by atoms with van der Waals surface area (Å²) in [6, 6.07) is 17.8. The van der Waals surface area contributed by atoms with E-state index in [0.717, 1.165) is 27.7 Å². The Morgan fingerprint density at radius 1 is 1.29 bits per heavy atom. The first-order valence-corrected chi connectivity index (χ1v) is 8.80. The zero-order valence-corrected chi connectivity index (χ0v) is 15.0. The van der Waals surface area contributed by atoms with Crippen molar-refractivity contribution in [3.8, 4) is 0 Å². The van der Waals surface area contributed by atoms with Gasteiger partial charge in [-0.25, -0.2) is 0 Å². The molecule has 24 heavy (non-hydrogen) atoms. The van der Waals surface area contributed by atoms with Crippen LogP contribution in [-0.2, 0) is 9.63 Å². The Hall–Kier alpha value is -2.14. The molecule has 0 bridgehead atoms. The number of hydrogen-bond donors (Lipinski definition) is 1. The van der Waals surface area contributed by atoms with Gasteiger partial charge in [-0.3, -0.25) is 4.79 Å². The maximum Gasteiger partial charge on any atom is 0.264 e. The van der Waals surface area contributed by atoms with Crippen molar-refractivity contribution in [1.82, 2.24) is 5.32 Å². The van der Waals surface area contributed by atoms with Crippen LogP contribution in [0, 0.1) is 0 Å². The van der Waals surface area contributed by atoms with Crippen molar-refractivity contribution < 1.29 is 9.63 Å². The zero-order valence-electron chi connectivity index (χ0n) is 13.4. The average molecular weight is 387 g/mol. The number of halogens is 1. The molecule has 2 aromatic carbocycles. The molecule has 0 spiro atoms. The zero-order chi connectivity index (χ0) is 16.9. The van der Waals surface area contributed by atoms with Gasteiger partial charge >= 0.3 is 0 Å². The van der Waals surface area contributed by atoms with Crippen molar-refractivity contribution >= 4 is 27.5 Å². The molecule has 0 fully saturated rings. The van der Waals surface area contributed by atoms with Crippen LogP contribution in [0.25, 0.3) is 0 Å². The normalized spacial score (nSPS) is 17.8. The van der Waals surface area contributed by atoms with Crippen molar-refractivity contribution in [2.45, 2.75) is 31.9 Å². The van der Waals surface area contributed by atoms with Gasteiger partial charge in [0.15, 0.2) is 0 Å². The molecule has 5 heteroatoms. The van der Waals surface area contributed by atoms with E-state index in [0.29, 0.717) is 6.42 Å². The number of carbonyl (C=O) groups excluding carboxylic acids is 1. The van der Waals surface area contributed by atoms with E-state index in [-0.39, 0.29) is 11.9 Å². The SMILES string of the molecule is CCC(NC(=O)C1CC(c2cccc(Br)c2)=NO1)c1ccccc1. The van der Waals surface area contributed by atoms with Gasteiger partial charge < -0.3 is 10.2 Å². The van der Waals surface area contributed by atoms with Crippen molar-refractivity contribution in [3.63, 3.8) is 0 Å². The predicted molar refractivity (Wildman–Crippen MR) is 97.8 cm³/mol. The second kappa shape index (κ2) is 7.62. The summed E-state index contributed by atoms with van der Waals surface area (Å²) in [5, 5.41) is 7.15. The molecule has 3 rings (SSSR count). The molecule has 2 unspecified atom stereocenters. The number of hydrogen-bond acceptors (Lipinski definition) is 3. The fourth-order valence-corrected chi connectivity index (χ4v) is 3.13. The van der Waals surface area contributed by atoms with E-state index in [2.05, 4.69) is 33.3 Å². The molecular weight excluding hydrogens is 368 g/mol. The molecule has 0 saturated heterocycles. The molecule has 1 heterocycles. The average Bonchev–Trinajstić information content (AvgIpc) is 3.10. The molecule has 1 aliphatic rings. The minimum Gasteiger partial charge on any atom is -0.382 e. The Morgan fingerprint density at radius 2 is 2.08 bits per heavy atom. The van der Waals surface area contributed by atoms with Crippen LogP contribution in [0.1, 0.15) is 36.9 Å². The van der Waals surface area contributed by atoms with Gasteiger partial charge in [0.25, 0.3) is 5.91 Å². The highest BCUT2D eigenvalue weighted by molar-refractivity contribution is 9.10. The van der Waals surface area contributed by atoms with Crippen molar-refractivity contribution in [2.24, 2.45) is 5.16 Å². The van der Waals surface area contributed by atoms with Gasteiger partial charge in [-0.15, -0.1) is 0 Å². The van der Waals surface area contributed by atoms with Crippen molar-refractivity contribution in [3.05, 3.63) is 70.2 Å². The van der Waals surface area contributed by atoms with Crippen LogP contribution in [0.2, 0.25) is 0 Å². The third kappa shape index (κ3) is 3.85. The van der Waals surface area contributed by atoms with Gasteiger partial charge in [0.2, 0.25) is 6.10 Å². The third-order valence-electron chi connectivity index (χ3n) is 4.05. The first kappa shape index (κ1) is 16.7. The molecular formula is C19H19BrN2O2. The van der Waals surface area contributed by atoms with E-state index >= 15 is 0 Å². The Bertz CT molecular complexity index is 746. The van der Waals surface area contributed by atoms with Gasteiger partial charge in [-0.2, -0.15) is 0 Å². The van der Waals surface area contributed by atoms with Crippen LogP contribution in [0.5, 0.6) is 0 Å². The summed E-state index contributed by atoms with van der Waals surface area (Å²) in [5.74, 6) is -0.126. The van der Waals surface area contributed by atoms with E-state index in [1.807, 2.05) is 54.6 Å². The highest BCUT2D eigenvalue weighted by atomic mass is 79.9. The van der Waals surface area contributed by atoms with E-state index in [1.165, 1.54) is 0 Å². The summed E-state index contributed by atoms with van der Waals surface area (Å²) in [4.78, 5) is 17.9. The third-order valence-corrected chi connectivity index (χ3v) is 4.54. The Kier molecular flexibility index (Phi) is 5.30. The number of nitrogens with zero attached hydrogens (tertiary/aromatic N) is 1. The van der Waals surface area contributed by atoms with Gasteiger partial charge in [0, 0.05) is 16.5 Å². The van der Waals surface area contributed by atoms with Crippen molar-refractivity contribution in [1.29, 1.82) is 0 Å². The first-order valence-electron chi connectivity index (χ1n) is 8.01. The summed E-state index contributed by atoms with van der Waals surface area (Å²) in [5.41, 5.74) is 2.86. The summed E-state index contributed by atoms with van der Waals surface area (Å²) in [7, 11) is 0. The molecule has 4 nitrogen and oxygen atoms in total. The second-order valence-electron chi connectivity index (χ2n) is 5.73. The van der Waals surface area contributed by atoms with Gasteiger partial charge in [0.1, 0.15) is 0 Å². The summed E-state index contributed by atoms with van der Waals surface area (Å²) in [6.07, 6.45) is 0.728. The standard InChI is InChI=1S/C19H19BrN2O2/c1-2-16(13-7-4-3-5-8-13)21-19(23)18-12-17(22-24-18)14-9-6-10-15(20)11-14/h3-11,16,18H,2,12H2,1H3,(H,21,23). The lowest BCUT2D eigenvalue weighted by Gasteiger charge is -2.19. The highest BCUT2D eigenvalue weighted by Gasteiger charge is 2.30. The molecule has 2 atom stereocenters. The van der Waals surface area contributed by atoms with Crippen LogP contribution >= 0.6 is 15.9 Å².